The highest BCUT2D eigenvalue weighted by molar-refractivity contribution is 5.74. The number of urea groups is 1. The molecule has 1 aliphatic carbocycles. The molecule has 1 aromatic heterocycles. The van der Waals surface area contributed by atoms with Crippen molar-refractivity contribution >= 4 is 6.03 Å². The maximum absolute atomic E-state index is 12.2. The van der Waals surface area contributed by atoms with Crippen molar-refractivity contribution in [3.8, 4) is 0 Å². The number of carbonyl (C=O) groups excluding carboxylic acids is 1. The number of amides is 2. The summed E-state index contributed by atoms with van der Waals surface area (Å²) in [6, 6.07) is 3.30. The van der Waals surface area contributed by atoms with E-state index in [1.165, 1.54) is 25.5 Å². The molecule has 1 saturated heterocycles. The minimum Gasteiger partial charge on any atom is -0.466 e. The molecular formula is C18H28N2O4. The van der Waals surface area contributed by atoms with E-state index in [1.807, 2.05) is 0 Å². The minimum absolute atomic E-state index is 0.0336. The van der Waals surface area contributed by atoms with Crippen LogP contribution < -0.4 is 10.6 Å². The number of hydrogen-bond acceptors (Lipinski definition) is 4. The van der Waals surface area contributed by atoms with Crippen LogP contribution in [0.1, 0.15) is 57.6 Å². The predicted octanol–water partition coefficient (Wildman–Crippen LogP) is 2.67. The van der Waals surface area contributed by atoms with Crippen LogP contribution >= 0.6 is 0 Å². The van der Waals surface area contributed by atoms with Crippen molar-refractivity contribution in [3.63, 3.8) is 0 Å². The van der Waals surface area contributed by atoms with Crippen molar-refractivity contribution in [2.75, 3.05) is 13.2 Å². The summed E-state index contributed by atoms with van der Waals surface area (Å²) in [5, 5.41) is 16.2. The van der Waals surface area contributed by atoms with Crippen LogP contribution in [0.2, 0.25) is 0 Å². The van der Waals surface area contributed by atoms with Crippen LogP contribution in [-0.2, 0) is 10.3 Å². The third-order valence-electron chi connectivity index (χ3n) is 5.24. The zero-order valence-electron chi connectivity index (χ0n) is 14.3. The summed E-state index contributed by atoms with van der Waals surface area (Å²) in [4.78, 5) is 12.2. The van der Waals surface area contributed by atoms with Gasteiger partial charge in [-0.25, -0.2) is 4.79 Å². The lowest BCUT2D eigenvalue weighted by Crippen LogP contribution is -2.52. The highest BCUT2D eigenvalue weighted by atomic mass is 16.5. The SMILES string of the molecule is C[C@](O)(CNC(=O)N[C@@H]1CCOC2(CCCCC2)C1)c1ccco1. The van der Waals surface area contributed by atoms with Gasteiger partial charge in [0.15, 0.2) is 0 Å². The Morgan fingerprint density at radius 3 is 2.92 bits per heavy atom. The molecule has 1 spiro atoms. The molecular weight excluding hydrogens is 308 g/mol. The van der Waals surface area contributed by atoms with Crippen LogP contribution in [0.4, 0.5) is 4.79 Å². The van der Waals surface area contributed by atoms with E-state index in [-0.39, 0.29) is 24.2 Å². The van der Waals surface area contributed by atoms with Crippen molar-refractivity contribution in [1.29, 1.82) is 0 Å². The number of carbonyl (C=O) groups is 1. The summed E-state index contributed by atoms with van der Waals surface area (Å²) in [5.41, 5.74) is -1.25. The maximum atomic E-state index is 12.2. The van der Waals surface area contributed by atoms with Gasteiger partial charge in [-0.05, 0) is 44.7 Å². The van der Waals surface area contributed by atoms with E-state index in [4.69, 9.17) is 9.15 Å². The molecule has 3 N–H and O–H groups in total. The molecule has 3 rings (SSSR count). The molecule has 1 saturated carbocycles. The third kappa shape index (κ3) is 4.11. The van der Waals surface area contributed by atoms with Gasteiger partial charge in [0.05, 0.1) is 18.4 Å². The number of aliphatic hydroxyl groups is 1. The fourth-order valence-corrected chi connectivity index (χ4v) is 3.86. The Balaban J connectivity index is 1.48. The molecule has 2 heterocycles. The Morgan fingerprint density at radius 2 is 2.21 bits per heavy atom. The first kappa shape index (κ1) is 17.3. The van der Waals surface area contributed by atoms with Gasteiger partial charge in [-0.15, -0.1) is 0 Å². The lowest BCUT2D eigenvalue weighted by atomic mass is 9.78. The van der Waals surface area contributed by atoms with Crippen molar-refractivity contribution in [2.45, 2.75) is 69.1 Å². The Labute approximate surface area is 142 Å². The van der Waals surface area contributed by atoms with Gasteiger partial charge in [0.2, 0.25) is 0 Å². The number of ether oxygens (including phenoxy) is 1. The van der Waals surface area contributed by atoms with E-state index in [0.717, 1.165) is 25.7 Å². The van der Waals surface area contributed by atoms with Crippen LogP contribution in [0.5, 0.6) is 0 Å². The molecule has 6 heteroatoms. The van der Waals surface area contributed by atoms with E-state index in [2.05, 4.69) is 10.6 Å². The van der Waals surface area contributed by atoms with Gasteiger partial charge in [0.25, 0.3) is 0 Å². The van der Waals surface area contributed by atoms with E-state index in [9.17, 15) is 9.90 Å². The van der Waals surface area contributed by atoms with E-state index in [1.54, 1.807) is 19.1 Å². The van der Waals surface area contributed by atoms with Crippen molar-refractivity contribution in [2.24, 2.45) is 0 Å². The van der Waals surface area contributed by atoms with Gasteiger partial charge in [-0.3, -0.25) is 0 Å². The molecule has 1 aliphatic heterocycles. The number of rotatable bonds is 4. The molecule has 134 valence electrons. The Hall–Kier alpha value is -1.53. The second-order valence-corrected chi connectivity index (χ2v) is 7.36. The first-order valence-corrected chi connectivity index (χ1v) is 8.94. The second kappa shape index (κ2) is 7.15. The first-order chi connectivity index (χ1) is 11.5. The molecule has 2 atom stereocenters. The average Bonchev–Trinajstić information content (AvgIpc) is 3.09. The molecule has 0 bridgehead atoms. The van der Waals surface area contributed by atoms with Gasteiger partial charge >= 0.3 is 6.03 Å². The molecule has 24 heavy (non-hydrogen) atoms. The molecule has 1 aromatic rings. The first-order valence-electron chi connectivity index (χ1n) is 8.94. The van der Waals surface area contributed by atoms with Gasteiger partial charge in [-0.1, -0.05) is 19.3 Å². The number of nitrogens with one attached hydrogen (secondary N) is 2. The Bertz CT molecular complexity index is 530. The lowest BCUT2D eigenvalue weighted by Gasteiger charge is -2.43. The second-order valence-electron chi connectivity index (χ2n) is 7.36. The van der Waals surface area contributed by atoms with E-state index in [0.29, 0.717) is 12.4 Å². The van der Waals surface area contributed by atoms with Crippen LogP contribution in [-0.4, -0.2) is 35.9 Å². The average molecular weight is 336 g/mol. The monoisotopic (exact) mass is 336 g/mol. The largest absolute Gasteiger partial charge is 0.466 e. The molecule has 0 aromatic carbocycles. The van der Waals surface area contributed by atoms with Crippen LogP contribution in [0.3, 0.4) is 0 Å². The van der Waals surface area contributed by atoms with Gasteiger partial charge < -0.3 is 24.9 Å². The normalized spacial score (nSPS) is 25.8. The standard InChI is InChI=1S/C18H28N2O4/c1-17(22,15-6-5-10-23-15)13-19-16(21)20-14-7-11-24-18(12-14)8-3-2-4-9-18/h5-6,10,14,22H,2-4,7-9,11-13H2,1H3,(H2,19,20,21)/t14-,17+/m1/s1. The predicted molar refractivity (Wildman–Crippen MR) is 89.6 cm³/mol. The molecule has 2 aliphatic rings. The number of furan rings is 1. The Kier molecular flexibility index (Phi) is 5.15. The van der Waals surface area contributed by atoms with E-state index >= 15 is 0 Å². The van der Waals surface area contributed by atoms with E-state index < -0.39 is 5.60 Å². The summed E-state index contributed by atoms with van der Waals surface area (Å²) in [5.74, 6) is 0.440. The molecule has 6 nitrogen and oxygen atoms in total. The van der Waals surface area contributed by atoms with Crippen molar-refractivity contribution < 1.29 is 19.1 Å². The van der Waals surface area contributed by atoms with Crippen molar-refractivity contribution in [1.82, 2.24) is 10.6 Å². The molecule has 0 unspecified atom stereocenters. The Morgan fingerprint density at radius 1 is 1.42 bits per heavy atom. The highest BCUT2D eigenvalue weighted by Crippen LogP contribution is 2.38. The highest BCUT2D eigenvalue weighted by Gasteiger charge is 2.39. The summed E-state index contributed by atoms with van der Waals surface area (Å²) in [6.07, 6.45) is 9.13. The molecule has 2 amide bonds. The fourth-order valence-electron chi connectivity index (χ4n) is 3.86. The van der Waals surface area contributed by atoms with Crippen LogP contribution in [0.25, 0.3) is 0 Å². The zero-order valence-corrected chi connectivity index (χ0v) is 14.3. The zero-order chi connectivity index (χ0) is 17.0. The topological polar surface area (TPSA) is 83.7 Å². The smallest absolute Gasteiger partial charge is 0.315 e. The van der Waals surface area contributed by atoms with Crippen LogP contribution in [0.15, 0.2) is 22.8 Å². The quantitative estimate of drug-likeness (QED) is 0.789. The third-order valence-corrected chi connectivity index (χ3v) is 5.24. The summed E-state index contributed by atoms with van der Waals surface area (Å²) < 4.78 is 11.3. The summed E-state index contributed by atoms with van der Waals surface area (Å²) in [7, 11) is 0. The minimum atomic E-state index is -1.22. The van der Waals surface area contributed by atoms with Crippen LogP contribution in [0, 0.1) is 0 Å². The fraction of sp³-hybridized carbons (Fsp3) is 0.722. The molecule has 0 radical (unpaired) electrons. The maximum Gasteiger partial charge on any atom is 0.315 e. The van der Waals surface area contributed by atoms with Gasteiger partial charge in [0, 0.05) is 12.6 Å². The number of hydrogen-bond donors (Lipinski definition) is 3. The van der Waals surface area contributed by atoms with Gasteiger partial charge in [0.1, 0.15) is 11.4 Å². The summed E-state index contributed by atoms with van der Waals surface area (Å²) >= 11 is 0. The lowest BCUT2D eigenvalue weighted by molar-refractivity contribution is -0.107. The van der Waals surface area contributed by atoms with Crippen molar-refractivity contribution in [3.05, 3.63) is 24.2 Å². The molecule has 2 fully saturated rings. The summed E-state index contributed by atoms with van der Waals surface area (Å²) in [6.45, 7) is 2.42. The van der Waals surface area contributed by atoms with Gasteiger partial charge in [-0.2, -0.15) is 0 Å².